The quantitative estimate of drug-likeness (QED) is 0.907. The van der Waals surface area contributed by atoms with Crippen LogP contribution in [0, 0.1) is 0 Å². The Kier molecular flexibility index (Phi) is 3.33. The molecule has 0 fully saturated rings. The highest BCUT2D eigenvalue weighted by Crippen LogP contribution is 2.30. The normalized spacial score (nSPS) is 14.5. The lowest BCUT2D eigenvalue weighted by Gasteiger charge is -2.22. The van der Waals surface area contributed by atoms with Crippen molar-refractivity contribution in [1.29, 1.82) is 0 Å². The molecule has 0 saturated heterocycles. The Morgan fingerprint density at radius 3 is 2.90 bits per heavy atom. The Bertz CT molecular complexity index is 643. The zero-order valence-corrected chi connectivity index (χ0v) is 11.0. The van der Waals surface area contributed by atoms with Crippen molar-refractivity contribution in [2.24, 2.45) is 0 Å². The molecule has 1 N–H and O–H groups in total. The van der Waals surface area contributed by atoms with Gasteiger partial charge in [-0.1, -0.05) is 18.2 Å². The molecule has 5 heteroatoms. The molecule has 5 nitrogen and oxygen atoms in total. The summed E-state index contributed by atoms with van der Waals surface area (Å²) < 4.78 is 0. The lowest BCUT2D eigenvalue weighted by molar-refractivity contribution is 0.0690. The third kappa shape index (κ3) is 2.34. The van der Waals surface area contributed by atoms with Gasteiger partial charge in [-0.15, -0.1) is 0 Å². The minimum atomic E-state index is -1.03. The maximum absolute atomic E-state index is 11.0. The lowest BCUT2D eigenvalue weighted by atomic mass is 10.1. The largest absolute Gasteiger partial charge is 0.477 e. The number of rotatable bonds is 2. The second kappa shape index (κ2) is 5.28. The van der Waals surface area contributed by atoms with Crippen LogP contribution in [0.5, 0.6) is 0 Å². The number of nitrogens with zero attached hydrogens (tertiary/aromatic N) is 3. The monoisotopic (exact) mass is 269 g/mol. The number of aromatic carboxylic acids is 1. The van der Waals surface area contributed by atoms with Crippen LogP contribution in [-0.2, 0) is 6.42 Å². The summed E-state index contributed by atoms with van der Waals surface area (Å²) in [6.07, 6.45) is 4.69. The Morgan fingerprint density at radius 2 is 2.05 bits per heavy atom. The molecule has 0 atom stereocenters. The summed E-state index contributed by atoms with van der Waals surface area (Å²) in [6, 6.07) is 9.57. The van der Waals surface area contributed by atoms with Gasteiger partial charge in [0.25, 0.3) is 0 Å². The number of fused-ring (bicyclic) bond motifs is 1. The summed E-state index contributed by atoms with van der Waals surface area (Å²) in [5, 5.41) is 9.05. The van der Waals surface area contributed by atoms with Crippen LogP contribution in [0.25, 0.3) is 0 Å². The zero-order valence-electron chi connectivity index (χ0n) is 11.0. The first-order valence-corrected chi connectivity index (χ1v) is 6.67. The van der Waals surface area contributed by atoms with Gasteiger partial charge in [0.05, 0.1) is 0 Å². The van der Waals surface area contributed by atoms with Gasteiger partial charge in [0.15, 0.2) is 5.69 Å². The fourth-order valence-electron chi connectivity index (χ4n) is 2.50. The highest BCUT2D eigenvalue weighted by atomic mass is 16.4. The predicted octanol–water partition coefficient (Wildman–Crippen LogP) is 2.65. The number of para-hydroxylation sites is 1. The van der Waals surface area contributed by atoms with Crippen molar-refractivity contribution in [3.63, 3.8) is 0 Å². The van der Waals surface area contributed by atoms with E-state index >= 15 is 0 Å². The molecule has 0 aliphatic carbocycles. The van der Waals surface area contributed by atoms with Gasteiger partial charge in [-0.3, -0.25) is 0 Å². The van der Waals surface area contributed by atoms with Gasteiger partial charge < -0.3 is 10.0 Å². The number of carbonyl (C=O) groups is 1. The SMILES string of the molecule is O=C(O)c1ccnc(N2CCCCc3ccccc32)n1. The van der Waals surface area contributed by atoms with Gasteiger partial charge >= 0.3 is 5.97 Å². The minimum Gasteiger partial charge on any atom is -0.477 e. The van der Waals surface area contributed by atoms with Gasteiger partial charge in [-0.25, -0.2) is 14.8 Å². The highest BCUT2D eigenvalue weighted by molar-refractivity contribution is 5.85. The first-order valence-electron chi connectivity index (χ1n) is 6.67. The van der Waals surface area contributed by atoms with Crippen LogP contribution in [0.3, 0.4) is 0 Å². The smallest absolute Gasteiger partial charge is 0.354 e. The molecule has 3 rings (SSSR count). The molecule has 0 unspecified atom stereocenters. The van der Waals surface area contributed by atoms with Crippen molar-refractivity contribution in [2.45, 2.75) is 19.3 Å². The number of aromatic nitrogens is 2. The number of carboxylic acids is 1. The average molecular weight is 269 g/mol. The summed E-state index contributed by atoms with van der Waals surface area (Å²) in [7, 11) is 0. The first kappa shape index (κ1) is 12.6. The molecule has 0 bridgehead atoms. The van der Waals surface area contributed by atoms with Crippen molar-refractivity contribution in [2.75, 3.05) is 11.4 Å². The topological polar surface area (TPSA) is 66.3 Å². The number of carboxylic acid groups (broad SMARTS) is 1. The van der Waals surface area contributed by atoms with E-state index in [1.807, 2.05) is 23.1 Å². The van der Waals surface area contributed by atoms with E-state index in [-0.39, 0.29) is 5.69 Å². The minimum absolute atomic E-state index is 0.0247. The van der Waals surface area contributed by atoms with Gasteiger partial charge in [0.1, 0.15) is 0 Å². The lowest BCUT2D eigenvalue weighted by Crippen LogP contribution is -2.21. The molecular weight excluding hydrogens is 254 g/mol. The second-order valence-electron chi connectivity index (χ2n) is 4.78. The van der Waals surface area contributed by atoms with E-state index in [4.69, 9.17) is 5.11 Å². The Balaban J connectivity index is 2.05. The number of hydrogen-bond acceptors (Lipinski definition) is 4. The zero-order chi connectivity index (χ0) is 13.9. The molecule has 1 aromatic heterocycles. The maximum Gasteiger partial charge on any atom is 0.354 e. The molecule has 0 radical (unpaired) electrons. The Hall–Kier alpha value is -2.43. The third-order valence-corrected chi connectivity index (χ3v) is 3.46. The molecule has 2 aromatic rings. The predicted molar refractivity (Wildman–Crippen MR) is 75.4 cm³/mol. The molecule has 0 saturated carbocycles. The van der Waals surface area contributed by atoms with Crippen molar-refractivity contribution in [3.05, 3.63) is 47.8 Å². The number of anilines is 2. The summed E-state index contributed by atoms with van der Waals surface area (Å²) in [5.74, 6) is -0.573. The fourth-order valence-corrected chi connectivity index (χ4v) is 2.50. The van der Waals surface area contributed by atoms with E-state index in [0.29, 0.717) is 5.95 Å². The van der Waals surface area contributed by atoms with Crippen LogP contribution in [0.4, 0.5) is 11.6 Å². The van der Waals surface area contributed by atoms with Crippen molar-refractivity contribution in [3.8, 4) is 0 Å². The van der Waals surface area contributed by atoms with E-state index in [0.717, 1.165) is 31.5 Å². The summed E-state index contributed by atoms with van der Waals surface area (Å²) in [4.78, 5) is 21.4. The summed E-state index contributed by atoms with van der Waals surface area (Å²) >= 11 is 0. The van der Waals surface area contributed by atoms with E-state index < -0.39 is 5.97 Å². The third-order valence-electron chi connectivity index (χ3n) is 3.46. The standard InChI is InChI=1S/C15H15N3O2/c19-14(20)12-8-9-16-15(17-12)18-10-4-3-6-11-5-1-2-7-13(11)18/h1-2,5,7-9H,3-4,6,10H2,(H,19,20). The highest BCUT2D eigenvalue weighted by Gasteiger charge is 2.19. The van der Waals surface area contributed by atoms with E-state index in [2.05, 4.69) is 16.0 Å². The number of benzene rings is 1. The van der Waals surface area contributed by atoms with Crippen LogP contribution < -0.4 is 4.90 Å². The summed E-state index contributed by atoms with van der Waals surface area (Å²) in [5.41, 5.74) is 2.36. The van der Waals surface area contributed by atoms with Crippen molar-refractivity contribution in [1.82, 2.24) is 9.97 Å². The van der Waals surface area contributed by atoms with E-state index in [9.17, 15) is 4.79 Å². The molecule has 0 amide bonds. The van der Waals surface area contributed by atoms with Gasteiger partial charge in [0, 0.05) is 18.4 Å². The average Bonchev–Trinajstić information content (AvgIpc) is 2.69. The molecule has 102 valence electrons. The first-order chi connectivity index (χ1) is 9.75. The van der Waals surface area contributed by atoms with Crippen LogP contribution in [0.15, 0.2) is 36.5 Å². The molecule has 2 heterocycles. The van der Waals surface area contributed by atoms with Gasteiger partial charge in [-0.05, 0) is 37.0 Å². The van der Waals surface area contributed by atoms with Crippen molar-refractivity contribution < 1.29 is 9.90 Å². The van der Waals surface area contributed by atoms with E-state index in [1.165, 1.54) is 17.8 Å². The van der Waals surface area contributed by atoms with Crippen LogP contribution in [-0.4, -0.2) is 27.6 Å². The van der Waals surface area contributed by atoms with Crippen LogP contribution >= 0.6 is 0 Å². The maximum atomic E-state index is 11.0. The van der Waals surface area contributed by atoms with Crippen LogP contribution in [0.2, 0.25) is 0 Å². The van der Waals surface area contributed by atoms with Crippen molar-refractivity contribution >= 4 is 17.6 Å². The molecule has 20 heavy (non-hydrogen) atoms. The Morgan fingerprint density at radius 1 is 1.20 bits per heavy atom. The van der Waals surface area contributed by atoms with Gasteiger partial charge in [0.2, 0.25) is 5.95 Å². The van der Waals surface area contributed by atoms with Crippen LogP contribution in [0.1, 0.15) is 28.9 Å². The molecule has 1 aliphatic heterocycles. The number of aryl methyl sites for hydroxylation is 1. The second-order valence-corrected chi connectivity index (χ2v) is 4.78. The molecule has 0 spiro atoms. The number of hydrogen-bond donors (Lipinski definition) is 1. The Labute approximate surface area is 116 Å². The van der Waals surface area contributed by atoms with E-state index in [1.54, 1.807) is 0 Å². The summed E-state index contributed by atoms with van der Waals surface area (Å²) in [6.45, 7) is 0.806. The van der Waals surface area contributed by atoms with Gasteiger partial charge in [-0.2, -0.15) is 0 Å². The molecule has 1 aromatic carbocycles. The molecular formula is C15H15N3O2. The fraction of sp³-hybridized carbons (Fsp3) is 0.267. The molecule has 1 aliphatic rings.